The molecule has 0 bridgehead atoms. The summed E-state index contributed by atoms with van der Waals surface area (Å²) >= 11 is 0. The molecule has 1 unspecified atom stereocenters. The third kappa shape index (κ3) is 6.98. The topological polar surface area (TPSA) is 67.4 Å². The SMILES string of the molecule is COCCNCCNCCC1CCS(=O)(=O)C1. The van der Waals surface area contributed by atoms with Gasteiger partial charge in [-0.05, 0) is 25.3 Å². The molecule has 0 aromatic heterocycles. The fraction of sp³-hybridized carbons (Fsp3) is 1.00. The molecule has 17 heavy (non-hydrogen) atoms. The summed E-state index contributed by atoms with van der Waals surface area (Å²) in [5.74, 6) is 1.14. The van der Waals surface area contributed by atoms with Crippen LogP contribution in [0.15, 0.2) is 0 Å². The van der Waals surface area contributed by atoms with Crippen LogP contribution in [0, 0.1) is 5.92 Å². The van der Waals surface area contributed by atoms with Crippen molar-refractivity contribution < 1.29 is 13.2 Å². The van der Waals surface area contributed by atoms with Crippen molar-refractivity contribution >= 4 is 9.84 Å². The maximum absolute atomic E-state index is 11.2. The number of ether oxygens (including phenoxy) is 1. The second-order valence-electron chi connectivity index (χ2n) is 4.55. The van der Waals surface area contributed by atoms with Crippen LogP contribution in [0.2, 0.25) is 0 Å². The number of hydrogen-bond acceptors (Lipinski definition) is 5. The lowest BCUT2D eigenvalue weighted by Crippen LogP contribution is -2.30. The van der Waals surface area contributed by atoms with E-state index in [4.69, 9.17) is 4.74 Å². The quantitative estimate of drug-likeness (QED) is 0.557. The summed E-state index contributed by atoms with van der Waals surface area (Å²) in [6.07, 6.45) is 1.81. The first-order valence-electron chi connectivity index (χ1n) is 6.25. The zero-order valence-corrected chi connectivity index (χ0v) is 11.4. The van der Waals surface area contributed by atoms with Crippen molar-refractivity contribution in [3.05, 3.63) is 0 Å². The van der Waals surface area contributed by atoms with Gasteiger partial charge in [0.1, 0.15) is 0 Å². The highest BCUT2D eigenvalue weighted by atomic mass is 32.2. The standard InChI is InChI=1S/C11H24N2O3S/c1-16-8-7-13-6-5-12-4-2-11-3-9-17(14,15)10-11/h11-13H,2-10H2,1H3. The largest absolute Gasteiger partial charge is 0.383 e. The summed E-state index contributed by atoms with van der Waals surface area (Å²) in [4.78, 5) is 0. The molecular weight excluding hydrogens is 240 g/mol. The molecule has 0 spiro atoms. The van der Waals surface area contributed by atoms with E-state index in [-0.39, 0.29) is 0 Å². The maximum Gasteiger partial charge on any atom is 0.150 e. The molecule has 1 heterocycles. The molecular formula is C11H24N2O3S. The number of rotatable bonds is 9. The predicted molar refractivity (Wildman–Crippen MR) is 69.0 cm³/mol. The van der Waals surface area contributed by atoms with Gasteiger partial charge in [-0.25, -0.2) is 8.42 Å². The molecule has 6 heteroatoms. The van der Waals surface area contributed by atoms with Crippen LogP contribution in [-0.4, -0.2) is 59.8 Å². The summed E-state index contributed by atoms with van der Waals surface area (Å²) in [6.45, 7) is 4.36. The Morgan fingerprint density at radius 1 is 1.18 bits per heavy atom. The maximum atomic E-state index is 11.2. The van der Waals surface area contributed by atoms with Gasteiger partial charge in [0.2, 0.25) is 0 Å². The Kier molecular flexibility index (Phi) is 7.03. The second kappa shape index (κ2) is 8.02. The van der Waals surface area contributed by atoms with Gasteiger partial charge in [-0.15, -0.1) is 0 Å². The van der Waals surface area contributed by atoms with Crippen LogP contribution in [-0.2, 0) is 14.6 Å². The van der Waals surface area contributed by atoms with Crippen molar-refractivity contribution in [3.63, 3.8) is 0 Å². The molecule has 5 nitrogen and oxygen atoms in total. The monoisotopic (exact) mass is 264 g/mol. The lowest BCUT2D eigenvalue weighted by Gasteiger charge is -2.09. The fourth-order valence-electron chi connectivity index (χ4n) is 2.01. The third-order valence-corrected chi connectivity index (χ3v) is 4.85. The molecule has 102 valence electrons. The summed E-state index contributed by atoms with van der Waals surface area (Å²) in [5, 5.41) is 6.56. The predicted octanol–water partition coefficient (Wildman–Crippen LogP) is -0.363. The first-order valence-corrected chi connectivity index (χ1v) is 8.07. The van der Waals surface area contributed by atoms with E-state index in [1.54, 1.807) is 7.11 Å². The Hall–Kier alpha value is -0.170. The van der Waals surface area contributed by atoms with Gasteiger partial charge in [0.15, 0.2) is 9.84 Å². The molecule has 0 aromatic carbocycles. The van der Waals surface area contributed by atoms with Gasteiger partial charge < -0.3 is 15.4 Å². The molecule has 0 aliphatic carbocycles. The molecule has 1 aliphatic rings. The van der Waals surface area contributed by atoms with Gasteiger partial charge in [-0.1, -0.05) is 0 Å². The van der Waals surface area contributed by atoms with E-state index in [1.165, 1.54) is 0 Å². The number of nitrogens with one attached hydrogen (secondary N) is 2. The van der Waals surface area contributed by atoms with Crippen LogP contribution >= 0.6 is 0 Å². The summed E-state index contributed by atoms with van der Waals surface area (Å²) in [7, 11) is -1.02. The van der Waals surface area contributed by atoms with E-state index < -0.39 is 9.84 Å². The van der Waals surface area contributed by atoms with E-state index in [0.29, 0.717) is 17.4 Å². The number of sulfone groups is 1. The first-order chi connectivity index (χ1) is 8.14. The smallest absolute Gasteiger partial charge is 0.150 e. The molecule has 1 fully saturated rings. The van der Waals surface area contributed by atoms with E-state index in [0.717, 1.165) is 45.6 Å². The van der Waals surface area contributed by atoms with Gasteiger partial charge >= 0.3 is 0 Å². The average molecular weight is 264 g/mol. The minimum Gasteiger partial charge on any atom is -0.383 e. The van der Waals surface area contributed by atoms with Gasteiger partial charge in [-0.3, -0.25) is 0 Å². The Morgan fingerprint density at radius 2 is 1.88 bits per heavy atom. The van der Waals surface area contributed by atoms with Gasteiger partial charge in [-0.2, -0.15) is 0 Å². The van der Waals surface area contributed by atoms with Gasteiger partial charge in [0.05, 0.1) is 18.1 Å². The second-order valence-corrected chi connectivity index (χ2v) is 6.78. The molecule has 0 radical (unpaired) electrons. The van der Waals surface area contributed by atoms with Crippen LogP contribution in [0.3, 0.4) is 0 Å². The number of methoxy groups -OCH3 is 1. The molecule has 2 N–H and O–H groups in total. The minimum atomic E-state index is -2.71. The summed E-state index contributed by atoms with van der Waals surface area (Å²) in [5.41, 5.74) is 0. The van der Waals surface area contributed by atoms with Crippen molar-refractivity contribution in [1.82, 2.24) is 10.6 Å². The molecule has 0 aromatic rings. The van der Waals surface area contributed by atoms with Crippen molar-refractivity contribution in [2.75, 3.05) is 51.4 Å². The lowest BCUT2D eigenvalue weighted by atomic mass is 10.1. The van der Waals surface area contributed by atoms with Gasteiger partial charge in [0.25, 0.3) is 0 Å². The van der Waals surface area contributed by atoms with E-state index in [9.17, 15) is 8.42 Å². The van der Waals surface area contributed by atoms with Crippen molar-refractivity contribution in [2.24, 2.45) is 5.92 Å². The highest BCUT2D eigenvalue weighted by Gasteiger charge is 2.26. The molecule has 1 aliphatic heterocycles. The molecule has 1 atom stereocenters. The summed E-state index contributed by atoms with van der Waals surface area (Å²) < 4.78 is 27.4. The van der Waals surface area contributed by atoms with Crippen LogP contribution in [0.4, 0.5) is 0 Å². The Bertz CT molecular complexity index is 293. The van der Waals surface area contributed by atoms with Crippen LogP contribution in [0.5, 0.6) is 0 Å². The Balaban J connectivity index is 1.88. The van der Waals surface area contributed by atoms with Crippen LogP contribution in [0.25, 0.3) is 0 Å². The molecule has 0 saturated carbocycles. The molecule has 1 rings (SSSR count). The first kappa shape index (κ1) is 14.9. The number of hydrogen-bond donors (Lipinski definition) is 2. The van der Waals surface area contributed by atoms with Crippen molar-refractivity contribution in [2.45, 2.75) is 12.8 Å². The third-order valence-electron chi connectivity index (χ3n) is 3.02. The van der Waals surface area contributed by atoms with Crippen molar-refractivity contribution in [3.8, 4) is 0 Å². The fourth-order valence-corrected chi connectivity index (χ4v) is 3.92. The zero-order chi connectivity index (χ0) is 12.6. The highest BCUT2D eigenvalue weighted by molar-refractivity contribution is 7.91. The van der Waals surface area contributed by atoms with Crippen molar-refractivity contribution in [1.29, 1.82) is 0 Å². The Labute approximate surface area is 104 Å². The van der Waals surface area contributed by atoms with E-state index in [2.05, 4.69) is 10.6 Å². The van der Waals surface area contributed by atoms with Crippen LogP contribution in [0.1, 0.15) is 12.8 Å². The molecule has 0 amide bonds. The van der Waals surface area contributed by atoms with Gasteiger partial charge in [0, 0.05) is 26.7 Å². The summed E-state index contributed by atoms with van der Waals surface area (Å²) in [6, 6.07) is 0. The van der Waals surface area contributed by atoms with Crippen LogP contribution < -0.4 is 10.6 Å². The Morgan fingerprint density at radius 3 is 2.47 bits per heavy atom. The van der Waals surface area contributed by atoms with E-state index >= 15 is 0 Å². The minimum absolute atomic E-state index is 0.369. The van der Waals surface area contributed by atoms with E-state index in [1.807, 2.05) is 0 Å². The zero-order valence-electron chi connectivity index (χ0n) is 10.6. The normalized spacial score (nSPS) is 23.0. The molecule has 1 saturated heterocycles. The lowest BCUT2D eigenvalue weighted by molar-refractivity contribution is 0.199. The average Bonchev–Trinajstić information content (AvgIpc) is 2.62. The highest BCUT2D eigenvalue weighted by Crippen LogP contribution is 2.20.